The van der Waals surface area contributed by atoms with Crippen molar-refractivity contribution in [1.82, 2.24) is 5.32 Å². The molecule has 0 aliphatic carbocycles. The van der Waals surface area contributed by atoms with Gasteiger partial charge in [-0.05, 0) is 101 Å². The van der Waals surface area contributed by atoms with Crippen molar-refractivity contribution >= 4 is 5.91 Å². The van der Waals surface area contributed by atoms with E-state index in [0.717, 1.165) is 0 Å². The minimum atomic E-state index is -1.70. The molecule has 10 nitrogen and oxygen atoms in total. The second-order valence-electron chi connectivity index (χ2n) is 8.22. The van der Waals surface area contributed by atoms with Crippen LogP contribution < -0.4 is 5.32 Å². The van der Waals surface area contributed by atoms with Crippen LogP contribution >= 0.6 is 0 Å². The van der Waals surface area contributed by atoms with Gasteiger partial charge in [0, 0.05) is 61.0 Å². The molecule has 0 spiro atoms. The molecule has 0 radical (unpaired) electrons. The highest BCUT2D eigenvalue weighted by Gasteiger charge is 2.44. The molecule has 7 N–H and O–H groups in total. The number of terminal acetylenes is 1. The number of amides is 1. The zero-order valence-corrected chi connectivity index (χ0v) is 23.7. The number of ether oxygens (including phenoxy) is 2. The van der Waals surface area contributed by atoms with E-state index < -0.39 is 68.1 Å². The second kappa shape index (κ2) is 22.9. The summed E-state index contributed by atoms with van der Waals surface area (Å²) in [5.74, 6) is 49.1. The highest BCUT2D eigenvalue weighted by atomic mass is 16.7. The van der Waals surface area contributed by atoms with Gasteiger partial charge in [0.1, 0.15) is 30.5 Å². The van der Waals surface area contributed by atoms with Gasteiger partial charge in [0.2, 0.25) is 0 Å². The summed E-state index contributed by atoms with van der Waals surface area (Å²) in [7, 11) is 0. The zero-order chi connectivity index (χ0) is 33.3. The molecular formula is C35H69NO9. The van der Waals surface area contributed by atoms with Gasteiger partial charge in [-0.15, -0.1) is 6.42 Å². The van der Waals surface area contributed by atoms with E-state index in [-0.39, 0.29) is 37.8 Å². The molecule has 0 bridgehead atoms. The summed E-state index contributed by atoms with van der Waals surface area (Å²) >= 11 is 0. The normalized spacial score (nSPS) is 20.2. The van der Waals surface area contributed by atoms with Gasteiger partial charge in [-0.1, -0.05) is 6.92 Å². The van der Waals surface area contributed by atoms with Gasteiger partial charge in [0.15, 0.2) is 6.29 Å². The summed E-state index contributed by atoms with van der Waals surface area (Å²) in [6, 6.07) is -1.23. The molecule has 1 rings (SSSR count). The number of aliphatic hydroxyl groups excluding tert-OH is 6. The second-order valence-corrected chi connectivity index (χ2v) is 8.22. The first-order valence-corrected chi connectivity index (χ1v) is 12.8. The smallest absolute Gasteiger partial charge is 0.297 e. The Labute approximate surface area is 295 Å². The molecule has 1 aliphatic rings. The predicted molar refractivity (Wildman–Crippen MR) is 207 cm³/mol. The fourth-order valence-electron chi connectivity index (χ4n) is 3.00. The van der Waals surface area contributed by atoms with E-state index in [1.165, 1.54) is 0 Å². The highest BCUT2D eigenvalue weighted by molar-refractivity contribution is 5.94. The molecule has 1 amide bonds. The van der Waals surface area contributed by atoms with Gasteiger partial charge >= 0.3 is 0 Å². The molecule has 0 aromatic heterocycles. The van der Waals surface area contributed by atoms with E-state index >= 15 is 0 Å². The van der Waals surface area contributed by atoms with Crippen molar-refractivity contribution < 1.29 is 76.3 Å². The van der Waals surface area contributed by atoms with Crippen LogP contribution in [-0.4, -0.2) is 98.7 Å². The minimum Gasteiger partial charge on any atom is -0.394 e. The Morgan fingerprint density at radius 2 is 1.22 bits per heavy atom. The molecule has 0 saturated carbocycles. The van der Waals surface area contributed by atoms with E-state index in [4.69, 9.17) is 15.9 Å². The number of carbonyl (C=O) groups is 1. The molecule has 1 saturated heterocycles. The van der Waals surface area contributed by atoms with E-state index in [1.807, 2.05) is 0 Å². The first-order chi connectivity index (χ1) is 21.8. The molecule has 45 heavy (non-hydrogen) atoms. The van der Waals surface area contributed by atoms with Crippen molar-refractivity contribution in [2.24, 2.45) is 0 Å². The largest absolute Gasteiger partial charge is 0.394 e. The molecule has 1 aliphatic heterocycles. The summed E-state index contributed by atoms with van der Waals surface area (Å²) in [4.78, 5) is 12.3. The molecule has 0 aromatic carbocycles. The van der Waals surface area contributed by atoms with Crippen LogP contribution in [0.25, 0.3) is 0 Å². The molecular weight excluding hydrogens is 578 g/mol. The van der Waals surface area contributed by atoms with Gasteiger partial charge in [0.25, 0.3) is 5.91 Å². The summed E-state index contributed by atoms with van der Waals surface area (Å²) in [5.41, 5.74) is 0. The van der Waals surface area contributed by atoms with Crippen LogP contribution in [0, 0.1) is 131 Å². The third-order valence-electron chi connectivity index (χ3n) is 5.20. The van der Waals surface area contributed by atoms with Crippen LogP contribution in [0.3, 0.4) is 0 Å². The predicted octanol–water partition coefficient (Wildman–Crippen LogP) is 1.50. The Hall–Kier alpha value is -5.69. The van der Waals surface area contributed by atoms with Crippen molar-refractivity contribution in [3.63, 3.8) is 0 Å². The molecule has 0 aromatic rings. The molecule has 268 valence electrons. The Kier molecular flexibility index (Phi) is 19.0. The zero-order valence-electron chi connectivity index (χ0n) is 23.7. The quantitative estimate of drug-likeness (QED) is 0.193. The standard InChI is InChI=1S/C35H25NO9.22H2/c1-3-5-6-7-8-9-10-11-12-13-14-15-16-17-18-19-20-21-22-23-24-30(39)36-27(31(40)28(38)4-2)26-44-35-34(43)33(42)32(41)29(25-37)45-35;;;;;;;;;;;;;;;;;;;;;;/h1,27-29,31-35,37-38,40-43H,4,25-26H2,2H3,(H,36,39);22*1H/t27-,28+,29?,31-,32?,33?,34?,35?;;;;;;;;;;;;;;;;;;;;;;/m0....................../s1. The lowest BCUT2D eigenvalue weighted by atomic mass is 9.99. The van der Waals surface area contributed by atoms with E-state index in [9.17, 15) is 35.4 Å². The Balaban J connectivity index is -0.0000000460. The Bertz CT molecular complexity index is 1800. The Morgan fingerprint density at radius 3 is 1.64 bits per heavy atom. The summed E-state index contributed by atoms with van der Waals surface area (Å²) in [5, 5.41) is 62.0. The average Bonchev–Trinajstić information content (AvgIpc) is 3.04. The number of nitrogens with one attached hydrogen (secondary N) is 1. The van der Waals surface area contributed by atoms with Crippen LogP contribution in [-0.2, 0) is 14.3 Å². The molecule has 8 atom stereocenters. The van der Waals surface area contributed by atoms with Crippen LogP contribution in [0.15, 0.2) is 0 Å². The lowest BCUT2D eigenvalue weighted by Crippen LogP contribution is -2.60. The Morgan fingerprint density at radius 1 is 0.778 bits per heavy atom. The van der Waals surface area contributed by atoms with E-state index in [1.54, 1.807) is 6.92 Å². The number of aliphatic hydroxyl groups is 6. The fraction of sp³-hybridized carbons (Fsp3) is 0.343. The molecule has 5 unspecified atom stereocenters. The van der Waals surface area contributed by atoms with E-state index in [0.29, 0.717) is 0 Å². The van der Waals surface area contributed by atoms with Crippen LogP contribution in [0.4, 0.5) is 0 Å². The average molecular weight is 648 g/mol. The van der Waals surface area contributed by atoms with Crippen LogP contribution in [0.2, 0.25) is 0 Å². The lowest BCUT2D eigenvalue weighted by molar-refractivity contribution is -0.303. The summed E-state index contributed by atoms with van der Waals surface area (Å²) < 4.78 is 10.6. The molecule has 1 fully saturated rings. The van der Waals surface area contributed by atoms with Crippen molar-refractivity contribution in [3.05, 3.63) is 0 Å². The number of hydrogen-bond acceptors (Lipinski definition) is 9. The van der Waals surface area contributed by atoms with Crippen LogP contribution in [0.5, 0.6) is 0 Å². The van der Waals surface area contributed by atoms with Crippen molar-refractivity contribution in [1.29, 1.82) is 0 Å². The van der Waals surface area contributed by atoms with Gasteiger partial charge in [-0.3, -0.25) is 4.79 Å². The van der Waals surface area contributed by atoms with Gasteiger partial charge in [0.05, 0.1) is 25.4 Å². The maximum absolute atomic E-state index is 12.3. The maximum atomic E-state index is 12.3. The monoisotopic (exact) mass is 647 g/mol. The minimum absolute atomic E-state index is 0. The summed E-state index contributed by atoms with van der Waals surface area (Å²) in [6.07, 6.45) is -5.39. The maximum Gasteiger partial charge on any atom is 0.297 e. The van der Waals surface area contributed by atoms with Gasteiger partial charge in [-0.2, -0.15) is 0 Å². The van der Waals surface area contributed by atoms with Gasteiger partial charge in [-0.25, -0.2) is 0 Å². The van der Waals surface area contributed by atoms with Crippen LogP contribution in [0.1, 0.15) is 44.7 Å². The highest BCUT2D eigenvalue weighted by Crippen LogP contribution is 2.22. The third kappa shape index (κ3) is 15.4. The van der Waals surface area contributed by atoms with E-state index in [2.05, 4.69) is 130 Å². The summed E-state index contributed by atoms with van der Waals surface area (Å²) in [6.45, 7) is 0.430. The lowest BCUT2D eigenvalue weighted by Gasteiger charge is -2.40. The molecule has 10 heteroatoms. The number of carbonyl (C=O) groups excluding carboxylic acids is 1. The fourth-order valence-corrected chi connectivity index (χ4v) is 3.00. The number of hydrogen-bond donors (Lipinski definition) is 7. The number of rotatable bonds is 8. The van der Waals surface area contributed by atoms with Gasteiger partial charge < -0.3 is 45.4 Å². The topological polar surface area (TPSA) is 169 Å². The first-order valence-electron chi connectivity index (χ1n) is 12.8. The molecule has 1 heterocycles. The SMILES string of the molecule is C#CC#CC#CC#CC#CC#CC#CC#CC#CC#CC#CC(=O)N[C@@H](COC1OC(CO)C(O)C(O)C1O)[C@H](O)[C@H](O)CC.[HH].[HH].[HH].[HH].[HH].[HH].[HH].[HH].[HH].[HH].[HH].[HH].[HH].[HH].[HH].[HH].[HH].[HH].[HH].[HH].[HH].[HH]. The third-order valence-corrected chi connectivity index (χ3v) is 5.20. The van der Waals surface area contributed by atoms with Crippen molar-refractivity contribution in [2.75, 3.05) is 13.2 Å². The van der Waals surface area contributed by atoms with Crippen molar-refractivity contribution in [2.45, 2.75) is 62.3 Å². The van der Waals surface area contributed by atoms with Crippen molar-refractivity contribution in [3.8, 4) is 131 Å². The first kappa shape index (κ1) is 37.3.